The quantitative estimate of drug-likeness (QED) is 0.856. The third-order valence-corrected chi connectivity index (χ3v) is 3.31. The summed E-state index contributed by atoms with van der Waals surface area (Å²) in [5.74, 6) is -0.0223. The summed E-state index contributed by atoms with van der Waals surface area (Å²) in [7, 11) is 0. The molecule has 0 fully saturated rings. The maximum atomic E-state index is 12.1. The molecule has 0 aliphatic carbocycles. The van der Waals surface area contributed by atoms with Gasteiger partial charge in [0, 0.05) is 24.5 Å². The minimum absolute atomic E-state index is 0.0223. The van der Waals surface area contributed by atoms with E-state index in [1.807, 2.05) is 66.4 Å². The van der Waals surface area contributed by atoms with Crippen LogP contribution in [0.4, 0.5) is 11.4 Å². The number of nitrogens with zero attached hydrogens (tertiary/aromatic N) is 1. The van der Waals surface area contributed by atoms with E-state index < -0.39 is 0 Å². The first-order valence-corrected chi connectivity index (χ1v) is 7.11. The summed E-state index contributed by atoms with van der Waals surface area (Å²) in [4.78, 5) is 14.1. The molecule has 0 unspecified atom stereocenters. The average molecular weight is 283 g/mol. The topological polar surface area (TPSA) is 58.4 Å². The van der Waals surface area contributed by atoms with Gasteiger partial charge in [0.2, 0.25) is 5.91 Å². The lowest BCUT2D eigenvalue weighted by Gasteiger charge is -2.22. The van der Waals surface area contributed by atoms with Crippen LogP contribution in [0.1, 0.15) is 12.5 Å². The monoisotopic (exact) mass is 283 g/mol. The van der Waals surface area contributed by atoms with E-state index in [0.717, 1.165) is 23.5 Å². The first-order chi connectivity index (χ1) is 10.2. The van der Waals surface area contributed by atoms with E-state index in [1.165, 1.54) is 0 Å². The molecule has 2 rings (SSSR count). The van der Waals surface area contributed by atoms with Crippen LogP contribution in [0.15, 0.2) is 54.6 Å². The van der Waals surface area contributed by atoms with Crippen LogP contribution in [0.2, 0.25) is 0 Å². The summed E-state index contributed by atoms with van der Waals surface area (Å²) >= 11 is 0. The number of rotatable bonds is 6. The zero-order valence-corrected chi connectivity index (χ0v) is 12.3. The smallest absolute Gasteiger partial charge is 0.243 e. The van der Waals surface area contributed by atoms with Crippen LogP contribution in [0.3, 0.4) is 0 Å². The minimum atomic E-state index is -0.0223. The molecule has 0 aliphatic rings. The fourth-order valence-electron chi connectivity index (χ4n) is 2.12. The SMILES string of the molecule is CCN(CC(=O)Nc1ccccc1)c1ccc(CN)cc1. The highest BCUT2D eigenvalue weighted by Gasteiger charge is 2.10. The van der Waals surface area contributed by atoms with Crippen molar-refractivity contribution in [3.8, 4) is 0 Å². The van der Waals surface area contributed by atoms with E-state index >= 15 is 0 Å². The largest absolute Gasteiger partial charge is 0.362 e. The summed E-state index contributed by atoms with van der Waals surface area (Å²) in [5, 5.41) is 2.90. The number of nitrogens with one attached hydrogen (secondary N) is 1. The molecule has 0 radical (unpaired) electrons. The lowest BCUT2D eigenvalue weighted by molar-refractivity contribution is -0.115. The summed E-state index contributed by atoms with van der Waals surface area (Å²) in [5.41, 5.74) is 8.53. The number of likely N-dealkylation sites (N-methyl/N-ethyl adjacent to an activating group) is 1. The lowest BCUT2D eigenvalue weighted by atomic mass is 10.2. The number of hydrogen-bond acceptors (Lipinski definition) is 3. The molecule has 0 spiro atoms. The van der Waals surface area contributed by atoms with Gasteiger partial charge in [-0.2, -0.15) is 0 Å². The molecule has 0 bridgehead atoms. The molecular formula is C17H21N3O. The van der Waals surface area contributed by atoms with Crippen LogP contribution in [-0.2, 0) is 11.3 Å². The number of amides is 1. The Hall–Kier alpha value is -2.33. The fraction of sp³-hybridized carbons (Fsp3) is 0.235. The summed E-state index contributed by atoms with van der Waals surface area (Å²) in [6.07, 6.45) is 0. The van der Waals surface area contributed by atoms with Crippen molar-refractivity contribution in [1.29, 1.82) is 0 Å². The first kappa shape index (κ1) is 15.1. The number of anilines is 2. The number of nitrogens with two attached hydrogens (primary N) is 1. The van der Waals surface area contributed by atoms with Gasteiger partial charge in [0.1, 0.15) is 0 Å². The Bertz CT molecular complexity index is 566. The standard InChI is InChI=1S/C17H21N3O/c1-2-20(16-10-8-14(12-18)9-11-16)13-17(21)19-15-6-4-3-5-7-15/h3-11H,2,12-13,18H2,1H3,(H,19,21). The van der Waals surface area contributed by atoms with Crippen molar-refractivity contribution >= 4 is 17.3 Å². The number of benzene rings is 2. The Balaban J connectivity index is 1.99. The number of para-hydroxylation sites is 1. The maximum Gasteiger partial charge on any atom is 0.243 e. The molecule has 0 heterocycles. The Kier molecular flexibility index (Phi) is 5.35. The maximum absolute atomic E-state index is 12.1. The third kappa shape index (κ3) is 4.33. The molecule has 0 saturated carbocycles. The Labute approximate surface area is 125 Å². The van der Waals surface area contributed by atoms with Gasteiger partial charge >= 0.3 is 0 Å². The highest BCUT2D eigenvalue weighted by Crippen LogP contribution is 2.15. The molecule has 2 aromatic rings. The number of hydrogen-bond donors (Lipinski definition) is 2. The normalized spacial score (nSPS) is 10.2. The second-order valence-corrected chi connectivity index (χ2v) is 4.80. The zero-order valence-electron chi connectivity index (χ0n) is 12.3. The van der Waals surface area contributed by atoms with Crippen LogP contribution >= 0.6 is 0 Å². The van der Waals surface area contributed by atoms with Crippen molar-refractivity contribution in [2.45, 2.75) is 13.5 Å². The molecule has 3 N–H and O–H groups in total. The summed E-state index contributed by atoms with van der Waals surface area (Å²) in [6.45, 7) is 3.66. The highest BCUT2D eigenvalue weighted by atomic mass is 16.2. The highest BCUT2D eigenvalue weighted by molar-refractivity contribution is 5.94. The van der Waals surface area contributed by atoms with Crippen LogP contribution in [0.25, 0.3) is 0 Å². The van der Waals surface area contributed by atoms with E-state index in [0.29, 0.717) is 13.1 Å². The van der Waals surface area contributed by atoms with Gasteiger partial charge in [-0.3, -0.25) is 4.79 Å². The van der Waals surface area contributed by atoms with E-state index in [-0.39, 0.29) is 5.91 Å². The molecule has 0 aromatic heterocycles. The molecule has 1 amide bonds. The van der Waals surface area contributed by atoms with Gasteiger partial charge in [0.25, 0.3) is 0 Å². The van der Waals surface area contributed by atoms with E-state index in [4.69, 9.17) is 5.73 Å². The average Bonchev–Trinajstić information content (AvgIpc) is 2.53. The molecule has 110 valence electrons. The molecule has 2 aromatic carbocycles. The second-order valence-electron chi connectivity index (χ2n) is 4.80. The van der Waals surface area contributed by atoms with E-state index in [9.17, 15) is 4.79 Å². The molecule has 0 aliphatic heterocycles. The predicted molar refractivity (Wildman–Crippen MR) is 87.3 cm³/mol. The van der Waals surface area contributed by atoms with Gasteiger partial charge in [-0.15, -0.1) is 0 Å². The molecule has 4 heteroatoms. The molecule has 21 heavy (non-hydrogen) atoms. The van der Waals surface area contributed by atoms with Crippen LogP contribution in [0, 0.1) is 0 Å². The van der Waals surface area contributed by atoms with Gasteiger partial charge < -0.3 is 16.0 Å². The zero-order chi connectivity index (χ0) is 15.1. The Morgan fingerprint density at radius 2 is 1.76 bits per heavy atom. The summed E-state index contributed by atoms with van der Waals surface area (Å²) in [6, 6.07) is 17.5. The number of carbonyl (C=O) groups excluding carboxylic acids is 1. The van der Waals surface area contributed by atoms with Crippen molar-refractivity contribution in [1.82, 2.24) is 0 Å². The van der Waals surface area contributed by atoms with Crippen LogP contribution in [-0.4, -0.2) is 19.0 Å². The molecule has 0 saturated heterocycles. The van der Waals surface area contributed by atoms with Crippen molar-refractivity contribution < 1.29 is 4.79 Å². The van der Waals surface area contributed by atoms with Gasteiger partial charge in [0.15, 0.2) is 0 Å². The van der Waals surface area contributed by atoms with E-state index in [2.05, 4.69) is 5.32 Å². The summed E-state index contributed by atoms with van der Waals surface area (Å²) < 4.78 is 0. The van der Waals surface area contributed by atoms with Gasteiger partial charge in [-0.05, 0) is 36.8 Å². The van der Waals surface area contributed by atoms with Crippen molar-refractivity contribution in [2.24, 2.45) is 5.73 Å². The van der Waals surface area contributed by atoms with Gasteiger partial charge in [-0.25, -0.2) is 0 Å². The lowest BCUT2D eigenvalue weighted by Crippen LogP contribution is -2.33. The second kappa shape index (κ2) is 7.45. The van der Waals surface area contributed by atoms with Crippen molar-refractivity contribution in [3.63, 3.8) is 0 Å². The predicted octanol–water partition coefficient (Wildman–Crippen LogP) is 2.61. The minimum Gasteiger partial charge on any atom is -0.362 e. The molecular weight excluding hydrogens is 262 g/mol. The third-order valence-electron chi connectivity index (χ3n) is 3.31. The van der Waals surface area contributed by atoms with Crippen molar-refractivity contribution in [2.75, 3.05) is 23.3 Å². The Morgan fingerprint density at radius 1 is 1.10 bits per heavy atom. The van der Waals surface area contributed by atoms with Gasteiger partial charge in [-0.1, -0.05) is 30.3 Å². The van der Waals surface area contributed by atoms with Gasteiger partial charge in [0.05, 0.1) is 6.54 Å². The van der Waals surface area contributed by atoms with Crippen LogP contribution < -0.4 is 16.0 Å². The first-order valence-electron chi connectivity index (χ1n) is 7.11. The fourth-order valence-corrected chi connectivity index (χ4v) is 2.12. The van der Waals surface area contributed by atoms with E-state index in [1.54, 1.807) is 0 Å². The van der Waals surface area contributed by atoms with Crippen LogP contribution in [0.5, 0.6) is 0 Å². The Morgan fingerprint density at radius 3 is 2.33 bits per heavy atom. The van der Waals surface area contributed by atoms with Crippen molar-refractivity contribution in [3.05, 3.63) is 60.2 Å². The molecule has 4 nitrogen and oxygen atoms in total. The molecule has 0 atom stereocenters. The number of carbonyl (C=O) groups is 1.